The lowest BCUT2D eigenvalue weighted by Crippen LogP contribution is -3.19. The first-order valence-electron chi connectivity index (χ1n) is 7.86. The number of carbonyl (C=O) groups is 2. The van der Waals surface area contributed by atoms with Crippen LogP contribution in [0.4, 0.5) is 13.6 Å². The van der Waals surface area contributed by atoms with Crippen molar-refractivity contribution in [1.82, 2.24) is 9.62 Å². The Hall–Kier alpha value is -2.11. The molecule has 26 heavy (non-hydrogen) atoms. The molecule has 2 amide bonds. The fraction of sp³-hybridized carbons (Fsp3) is 0.467. The minimum atomic E-state index is -4.32. The Morgan fingerprint density at radius 3 is 2.27 bits per heavy atom. The third kappa shape index (κ3) is 4.17. The van der Waals surface area contributed by atoms with Gasteiger partial charge in [-0.25, -0.2) is 22.0 Å². The van der Waals surface area contributed by atoms with Crippen molar-refractivity contribution < 1.29 is 36.4 Å². The molecule has 0 radical (unpaired) electrons. The quantitative estimate of drug-likeness (QED) is 0.694. The monoisotopic (exact) mass is 392 g/mol. The van der Waals surface area contributed by atoms with Crippen LogP contribution in [0, 0.1) is 11.6 Å². The lowest BCUT2D eigenvalue weighted by molar-refractivity contribution is -0.917. The number of ether oxygens (including phenoxy) is 1. The third-order valence-electron chi connectivity index (χ3n) is 4.30. The van der Waals surface area contributed by atoms with Crippen molar-refractivity contribution in [1.29, 1.82) is 0 Å². The van der Waals surface area contributed by atoms with Crippen molar-refractivity contribution in [2.24, 2.45) is 0 Å². The van der Waals surface area contributed by atoms with Crippen LogP contribution in [-0.4, -0.2) is 64.1 Å². The van der Waals surface area contributed by atoms with Gasteiger partial charge < -0.3 is 9.64 Å². The van der Waals surface area contributed by atoms with E-state index in [1.807, 2.05) is 0 Å². The molecule has 1 aromatic carbocycles. The summed E-state index contributed by atoms with van der Waals surface area (Å²) < 4.78 is 58.0. The Labute approximate surface area is 149 Å². The van der Waals surface area contributed by atoms with Crippen LogP contribution in [0.15, 0.2) is 23.1 Å². The van der Waals surface area contributed by atoms with Crippen LogP contribution in [-0.2, 0) is 19.6 Å². The molecule has 1 saturated heterocycles. The van der Waals surface area contributed by atoms with Crippen molar-refractivity contribution in [2.75, 3.05) is 33.3 Å². The molecule has 8 nitrogen and oxygen atoms in total. The summed E-state index contributed by atoms with van der Waals surface area (Å²) in [6, 6.07) is 2.24. The van der Waals surface area contributed by atoms with Gasteiger partial charge in [0.2, 0.25) is 10.0 Å². The summed E-state index contributed by atoms with van der Waals surface area (Å²) in [7, 11) is -3.19. The number of quaternary nitrogens is 1. The highest BCUT2D eigenvalue weighted by Gasteiger charge is 2.37. The van der Waals surface area contributed by atoms with Gasteiger partial charge in [0, 0.05) is 0 Å². The second kappa shape index (κ2) is 8.06. The molecule has 1 aliphatic heterocycles. The van der Waals surface area contributed by atoms with Crippen molar-refractivity contribution in [3.63, 3.8) is 0 Å². The molecule has 0 aromatic heterocycles. The molecular weight excluding hydrogens is 372 g/mol. The minimum Gasteiger partial charge on any atom is -0.453 e. The number of amides is 2. The van der Waals surface area contributed by atoms with Crippen LogP contribution in [0.25, 0.3) is 0 Å². The van der Waals surface area contributed by atoms with Gasteiger partial charge >= 0.3 is 6.09 Å². The summed E-state index contributed by atoms with van der Waals surface area (Å²) >= 11 is 0. The number of hydrogen-bond acceptors (Lipinski definition) is 5. The second-order valence-electron chi connectivity index (χ2n) is 5.82. The molecule has 0 bridgehead atoms. The number of carbonyl (C=O) groups excluding carboxylic acids is 2. The van der Waals surface area contributed by atoms with E-state index >= 15 is 0 Å². The van der Waals surface area contributed by atoms with Crippen LogP contribution in [0.3, 0.4) is 0 Å². The van der Waals surface area contributed by atoms with Gasteiger partial charge in [0.25, 0.3) is 5.91 Å². The van der Waals surface area contributed by atoms with Gasteiger partial charge in [-0.3, -0.25) is 10.1 Å². The van der Waals surface area contributed by atoms with Gasteiger partial charge in [-0.05, 0) is 19.1 Å². The lowest BCUT2D eigenvalue weighted by atomic mass is 10.2. The Morgan fingerprint density at radius 1 is 1.23 bits per heavy atom. The zero-order valence-electron chi connectivity index (χ0n) is 14.3. The summed E-state index contributed by atoms with van der Waals surface area (Å²) in [5.74, 6) is -2.85. The van der Waals surface area contributed by atoms with Crippen molar-refractivity contribution in [3.8, 4) is 0 Å². The van der Waals surface area contributed by atoms with E-state index in [2.05, 4.69) is 10.1 Å². The molecule has 11 heteroatoms. The Balaban J connectivity index is 2.06. The van der Waals surface area contributed by atoms with Gasteiger partial charge in [0.15, 0.2) is 10.9 Å². The Morgan fingerprint density at radius 2 is 1.77 bits per heavy atom. The molecule has 1 aromatic rings. The standard InChI is InChI=1S/C15H19F2N3O5S/c1-10(14(21)18-15(22)25-2)19-6-8-20(9-7-19)26(23,24)13-11(16)4-3-5-12(13)17/h3-5,10H,6-9H2,1-2H3,(H,18,21,22)/p+1/t10-/m1/s1. The third-order valence-corrected chi connectivity index (χ3v) is 6.25. The largest absolute Gasteiger partial charge is 0.453 e. The molecular formula is C15H20F2N3O5S+. The average molecular weight is 392 g/mol. The molecule has 1 heterocycles. The predicted octanol–water partition coefficient (Wildman–Crippen LogP) is -0.875. The summed E-state index contributed by atoms with van der Waals surface area (Å²) in [6.45, 7) is 2.05. The number of hydrogen-bond donors (Lipinski definition) is 2. The number of benzene rings is 1. The Kier molecular flexibility index (Phi) is 6.26. The van der Waals surface area contributed by atoms with Crippen LogP contribution >= 0.6 is 0 Å². The molecule has 2 rings (SSSR count). The maximum atomic E-state index is 13.8. The SMILES string of the molecule is COC(=O)NC(=O)[C@@H](C)[NH+]1CCN(S(=O)(=O)c2c(F)cccc2F)CC1. The first-order chi connectivity index (χ1) is 12.2. The summed E-state index contributed by atoms with van der Waals surface area (Å²) in [5.41, 5.74) is 0. The van der Waals surface area contributed by atoms with E-state index in [0.717, 1.165) is 34.5 Å². The molecule has 1 aliphatic rings. The van der Waals surface area contributed by atoms with Gasteiger partial charge in [0.1, 0.15) is 11.6 Å². The van der Waals surface area contributed by atoms with Crippen molar-refractivity contribution in [2.45, 2.75) is 17.9 Å². The van der Waals surface area contributed by atoms with Gasteiger partial charge in [-0.1, -0.05) is 6.07 Å². The van der Waals surface area contributed by atoms with Gasteiger partial charge in [-0.15, -0.1) is 0 Å². The molecule has 0 saturated carbocycles. The van der Waals surface area contributed by atoms with E-state index < -0.39 is 44.6 Å². The van der Waals surface area contributed by atoms with Crippen LogP contribution in [0.5, 0.6) is 0 Å². The lowest BCUT2D eigenvalue weighted by Gasteiger charge is -2.34. The minimum absolute atomic E-state index is 0.0126. The second-order valence-corrected chi connectivity index (χ2v) is 7.69. The summed E-state index contributed by atoms with van der Waals surface area (Å²) in [6.07, 6.45) is -0.877. The van der Waals surface area contributed by atoms with Gasteiger partial charge in [-0.2, -0.15) is 4.31 Å². The number of nitrogens with zero attached hydrogens (tertiary/aromatic N) is 1. The van der Waals surface area contributed by atoms with E-state index in [1.54, 1.807) is 6.92 Å². The molecule has 0 aliphatic carbocycles. The van der Waals surface area contributed by atoms with E-state index in [0.29, 0.717) is 0 Å². The molecule has 1 fully saturated rings. The van der Waals surface area contributed by atoms with Crippen molar-refractivity contribution in [3.05, 3.63) is 29.8 Å². The van der Waals surface area contributed by atoms with Crippen LogP contribution in [0.1, 0.15) is 6.92 Å². The molecule has 0 spiro atoms. The number of nitrogens with one attached hydrogen (secondary N) is 2. The van der Waals surface area contributed by atoms with Gasteiger partial charge in [0.05, 0.1) is 33.3 Å². The first kappa shape index (κ1) is 20.2. The van der Waals surface area contributed by atoms with Crippen LogP contribution in [0.2, 0.25) is 0 Å². The molecule has 0 unspecified atom stereocenters. The topological polar surface area (TPSA) is 97.2 Å². The fourth-order valence-corrected chi connectivity index (χ4v) is 4.30. The number of sulfonamides is 1. The molecule has 1 atom stereocenters. The van der Waals surface area contributed by atoms with E-state index in [-0.39, 0.29) is 26.2 Å². The molecule has 144 valence electrons. The summed E-state index contributed by atoms with van der Waals surface area (Å²) in [5, 5.41) is 2.06. The number of imide groups is 1. The summed E-state index contributed by atoms with van der Waals surface area (Å²) in [4.78, 5) is 22.8. The predicted molar refractivity (Wildman–Crippen MR) is 85.8 cm³/mol. The number of piperazine rings is 1. The normalized spacial score (nSPS) is 17.5. The Bertz CT molecular complexity index is 774. The van der Waals surface area contributed by atoms with E-state index in [1.165, 1.54) is 0 Å². The zero-order valence-corrected chi connectivity index (χ0v) is 15.1. The molecule has 2 N–H and O–H groups in total. The fourth-order valence-electron chi connectivity index (χ4n) is 2.75. The maximum absolute atomic E-state index is 13.8. The highest BCUT2D eigenvalue weighted by Crippen LogP contribution is 2.22. The average Bonchev–Trinajstić information content (AvgIpc) is 2.60. The zero-order chi connectivity index (χ0) is 19.5. The number of rotatable bonds is 4. The number of methoxy groups -OCH3 is 1. The smallest absolute Gasteiger partial charge is 0.413 e. The highest BCUT2D eigenvalue weighted by molar-refractivity contribution is 7.89. The van der Waals surface area contributed by atoms with Crippen LogP contribution < -0.4 is 10.2 Å². The first-order valence-corrected chi connectivity index (χ1v) is 9.30. The van der Waals surface area contributed by atoms with E-state index in [9.17, 15) is 26.8 Å². The van der Waals surface area contributed by atoms with Crippen molar-refractivity contribution >= 4 is 22.0 Å². The van der Waals surface area contributed by atoms with E-state index in [4.69, 9.17) is 0 Å². The number of halogens is 2. The highest BCUT2D eigenvalue weighted by atomic mass is 32.2. The number of alkyl carbamates (subject to hydrolysis) is 1. The maximum Gasteiger partial charge on any atom is 0.413 e.